The van der Waals surface area contributed by atoms with Crippen molar-refractivity contribution < 1.29 is 9.90 Å². The van der Waals surface area contributed by atoms with E-state index in [-0.39, 0.29) is 0 Å². The molecule has 0 radical (unpaired) electrons. The van der Waals surface area contributed by atoms with Crippen LogP contribution >= 0.6 is 0 Å². The van der Waals surface area contributed by atoms with Gasteiger partial charge < -0.3 is 10.8 Å². The van der Waals surface area contributed by atoms with Crippen molar-refractivity contribution in [1.82, 2.24) is 10.2 Å². The van der Waals surface area contributed by atoms with Crippen molar-refractivity contribution in [2.75, 3.05) is 0 Å². The number of carboxylic acid groups (broad SMARTS) is 1. The van der Waals surface area contributed by atoms with Crippen LogP contribution in [0.1, 0.15) is 12.1 Å². The molecule has 0 spiro atoms. The van der Waals surface area contributed by atoms with Gasteiger partial charge in [-0.05, 0) is 18.9 Å². The second kappa shape index (κ2) is 3.87. The van der Waals surface area contributed by atoms with Crippen LogP contribution in [0.3, 0.4) is 0 Å². The zero-order valence-electron chi connectivity index (χ0n) is 6.53. The number of hydrogen-bond donors (Lipinski definition) is 3. The summed E-state index contributed by atoms with van der Waals surface area (Å²) in [5.41, 5.74) is 6.21. The summed E-state index contributed by atoms with van der Waals surface area (Å²) < 4.78 is 0. The van der Waals surface area contributed by atoms with Crippen LogP contribution in [0.4, 0.5) is 0 Å². The lowest BCUT2D eigenvalue weighted by atomic mass is 10.1. The molecule has 1 aromatic heterocycles. The molecule has 5 heteroatoms. The zero-order valence-corrected chi connectivity index (χ0v) is 6.53. The Labute approximate surface area is 69.6 Å². The van der Waals surface area contributed by atoms with E-state index in [0.29, 0.717) is 12.8 Å². The molecule has 0 saturated heterocycles. The van der Waals surface area contributed by atoms with Crippen molar-refractivity contribution in [3.63, 3.8) is 0 Å². The summed E-state index contributed by atoms with van der Waals surface area (Å²) in [6.45, 7) is 0. The first kappa shape index (κ1) is 8.73. The average molecular weight is 169 g/mol. The van der Waals surface area contributed by atoms with Crippen molar-refractivity contribution in [1.29, 1.82) is 0 Å². The number of nitrogens with one attached hydrogen (secondary N) is 1. The van der Waals surface area contributed by atoms with E-state index in [4.69, 9.17) is 10.8 Å². The number of aliphatic carboxylic acids is 1. The number of aryl methyl sites for hydroxylation is 1. The van der Waals surface area contributed by atoms with Crippen LogP contribution < -0.4 is 5.73 Å². The van der Waals surface area contributed by atoms with E-state index in [1.807, 2.05) is 0 Å². The van der Waals surface area contributed by atoms with E-state index in [9.17, 15) is 4.79 Å². The maximum Gasteiger partial charge on any atom is 0.320 e. The van der Waals surface area contributed by atoms with Gasteiger partial charge in [-0.15, -0.1) is 0 Å². The Morgan fingerprint density at radius 1 is 1.83 bits per heavy atom. The quantitative estimate of drug-likeness (QED) is 0.579. The molecule has 5 nitrogen and oxygen atoms in total. The fourth-order valence-electron chi connectivity index (χ4n) is 0.858. The highest BCUT2D eigenvalue weighted by molar-refractivity contribution is 5.72. The highest BCUT2D eigenvalue weighted by atomic mass is 16.4. The number of hydrogen-bond acceptors (Lipinski definition) is 3. The van der Waals surface area contributed by atoms with Crippen molar-refractivity contribution in [2.24, 2.45) is 5.73 Å². The Morgan fingerprint density at radius 3 is 3.08 bits per heavy atom. The molecule has 0 aliphatic carbocycles. The molecule has 1 heterocycles. The molecule has 4 N–H and O–H groups in total. The minimum atomic E-state index is -0.963. The van der Waals surface area contributed by atoms with Gasteiger partial charge in [0.25, 0.3) is 0 Å². The number of H-pyrrole nitrogens is 1. The fourth-order valence-corrected chi connectivity index (χ4v) is 0.858. The van der Waals surface area contributed by atoms with Crippen LogP contribution in [0.25, 0.3) is 0 Å². The molecule has 0 bridgehead atoms. The first-order valence-electron chi connectivity index (χ1n) is 3.67. The second-order valence-corrected chi connectivity index (χ2v) is 2.57. The number of rotatable bonds is 4. The predicted octanol–water partition coefficient (Wildman–Crippen LogP) is -0.246. The topological polar surface area (TPSA) is 92.0 Å². The third-order valence-corrected chi connectivity index (χ3v) is 1.60. The summed E-state index contributed by atoms with van der Waals surface area (Å²) in [7, 11) is 0. The lowest BCUT2D eigenvalue weighted by Gasteiger charge is -2.03. The number of nitrogens with two attached hydrogens (primary N) is 1. The summed E-state index contributed by atoms with van der Waals surface area (Å²) in [6.07, 6.45) is 2.67. The van der Waals surface area contributed by atoms with Gasteiger partial charge in [-0.1, -0.05) is 0 Å². The fraction of sp³-hybridized carbons (Fsp3) is 0.429. The van der Waals surface area contributed by atoms with E-state index >= 15 is 0 Å². The van der Waals surface area contributed by atoms with Crippen LogP contribution in [-0.2, 0) is 11.2 Å². The minimum Gasteiger partial charge on any atom is -0.480 e. The normalized spacial score (nSPS) is 12.8. The SMILES string of the molecule is NC(CCc1ccn[nH]1)C(=O)O. The molecule has 0 amide bonds. The molecule has 1 unspecified atom stereocenters. The minimum absolute atomic E-state index is 0.428. The molecule has 1 rings (SSSR count). The van der Waals surface area contributed by atoms with Gasteiger partial charge in [0.1, 0.15) is 6.04 Å². The molecule has 0 aromatic carbocycles. The number of aromatic amines is 1. The third-order valence-electron chi connectivity index (χ3n) is 1.60. The second-order valence-electron chi connectivity index (χ2n) is 2.57. The van der Waals surface area contributed by atoms with Gasteiger partial charge in [0.2, 0.25) is 0 Å². The van der Waals surface area contributed by atoms with Gasteiger partial charge in [-0.25, -0.2) is 0 Å². The predicted molar refractivity (Wildman–Crippen MR) is 42.5 cm³/mol. The van der Waals surface area contributed by atoms with Crippen molar-refractivity contribution >= 4 is 5.97 Å². The lowest BCUT2D eigenvalue weighted by molar-refractivity contribution is -0.138. The van der Waals surface area contributed by atoms with Crippen molar-refractivity contribution in [3.05, 3.63) is 18.0 Å². The van der Waals surface area contributed by atoms with E-state index in [1.165, 1.54) is 0 Å². The monoisotopic (exact) mass is 169 g/mol. The van der Waals surface area contributed by atoms with Crippen molar-refractivity contribution in [2.45, 2.75) is 18.9 Å². The standard InChI is InChI=1S/C7H11N3O2/c8-6(7(11)12)2-1-5-3-4-9-10-5/h3-4,6H,1-2,8H2,(H,9,10)(H,11,12). The Bertz CT molecular complexity index is 245. The molecule has 1 aromatic rings. The van der Waals surface area contributed by atoms with Crippen LogP contribution in [0, 0.1) is 0 Å². The van der Waals surface area contributed by atoms with Gasteiger partial charge in [0, 0.05) is 11.9 Å². The van der Waals surface area contributed by atoms with E-state index in [2.05, 4.69) is 10.2 Å². The molecular formula is C7H11N3O2. The van der Waals surface area contributed by atoms with E-state index in [1.54, 1.807) is 12.3 Å². The van der Waals surface area contributed by atoms with Gasteiger partial charge in [-0.3, -0.25) is 9.89 Å². The first-order chi connectivity index (χ1) is 5.70. The average Bonchev–Trinajstić information content (AvgIpc) is 2.51. The van der Waals surface area contributed by atoms with Crippen LogP contribution in [0.5, 0.6) is 0 Å². The number of carbonyl (C=O) groups is 1. The summed E-state index contributed by atoms with van der Waals surface area (Å²) in [6, 6.07) is 1.02. The molecule has 1 atom stereocenters. The van der Waals surface area contributed by atoms with E-state index in [0.717, 1.165) is 5.69 Å². The number of aromatic nitrogens is 2. The van der Waals surface area contributed by atoms with Gasteiger partial charge >= 0.3 is 5.97 Å². The Morgan fingerprint density at radius 2 is 2.58 bits per heavy atom. The molecule has 12 heavy (non-hydrogen) atoms. The summed E-state index contributed by atoms with van der Waals surface area (Å²) in [4.78, 5) is 10.3. The number of carboxylic acids is 1. The molecular weight excluding hydrogens is 158 g/mol. The maximum atomic E-state index is 10.3. The van der Waals surface area contributed by atoms with Gasteiger partial charge in [0.05, 0.1) is 0 Å². The van der Waals surface area contributed by atoms with Crippen molar-refractivity contribution in [3.8, 4) is 0 Å². The summed E-state index contributed by atoms with van der Waals surface area (Å²) >= 11 is 0. The maximum absolute atomic E-state index is 10.3. The molecule has 66 valence electrons. The lowest BCUT2D eigenvalue weighted by Crippen LogP contribution is -2.30. The van der Waals surface area contributed by atoms with E-state index < -0.39 is 12.0 Å². The molecule has 0 fully saturated rings. The summed E-state index contributed by atoms with van der Waals surface area (Å²) in [5, 5.41) is 14.9. The number of nitrogens with zero attached hydrogens (tertiary/aromatic N) is 1. The summed E-state index contributed by atoms with van der Waals surface area (Å²) in [5.74, 6) is -0.963. The Hall–Kier alpha value is -1.36. The highest BCUT2D eigenvalue weighted by Crippen LogP contribution is 1.99. The molecule has 0 aliphatic rings. The zero-order chi connectivity index (χ0) is 8.97. The largest absolute Gasteiger partial charge is 0.480 e. The van der Waals surface area contributed by atoms with Crippen LogP contribution in [0.2, 0.25) is 0 Å². The Kier molecular flexibility index (Phi) is 2.82. The highest BCUT2D eigenvalue weighted by Gasteiger charge is 2.10. The first-order valence-corrected chi connectivity index (χ1v) is 3.67. The Balaban J connectivity index is 2.31. The van der Waals surface area contributed by atoms with Gasteiger partial charge in [0.15, 0.2) is 0 Å². The molecule has 0 saturated carbocycles. The van der Waals surface area contributed by atoms with Crippen LogP contribution in [-0.4, -0.2) is 27.3 Å². The van der Waals surface area contributed by atoms with Crippen LogP contribution in [0.15, 0.2) is 12.3 Å². The molecule has 0 aliphatic heterocycles. The van der Waals surface area contributed by atoms with Gasteiger partial charge in [-0.2, -0.15) is 5.10 Å². The third kappa shape index (κ3) is 2.35. The smallest absolute Gasteiger partial charge is 0.320 e.